The van der Waals surface area contributed by atoms with E-state index in [-0.39, 0.29) is 0 Å². The van der Waals surface area contributed by atoms with Gasteiger partial charge in [-0.05, 0) is 56.3 Å². The Balaban J connectivity index is 1.92. The Labute approximate surface area is 110 Å². The Bertz CT molecular complexity index is 331. The second kappa shape index (κ2) is 6.55. The van der Waals surface area contributed by atoms with Gasteiger partial charge in [-0.1, -0.05) is 26.2 Å². The fourth-order valence-electron chi connectivity index (χ4n) is 2.83. The number of unbranched alkanes of at least 4 members (excludes halogenated alkanes) is 3. The van der Waals surface area contributed by atoms with Gasteiger partial charge in [0.2, 0.25) is 0 Å². The maximum absolute atomic E-state index is 2.53. The molecular weight excluding hydrogens is 226 g/mol. The van der Waals surface area contributed by atoms with Gasteiger partial charge in [0.1, 0.15) is 0 Å². The second-order valence-corrected chi connectivity index (χ2v) is 6.21. The van der Waals surface area contributed by atoms with Gasteiger partial charge in [0.25, 0.3) is 0 Å². The fraction of sp³-hybridized carbons (Fsp3) is 0.733. The van der Waals surface area contributed by atoms with E-state index in [1.165, 1.54) is 51.5 Å². The molecule has 1 atom stereocenters. The molecule has 1 aromatic rings. The molecule has 1 aliphatic rings. The van der Waals surface area contributed by atoms with Crippen molar-refractivity contribution < 1.29 is 0 Å². The van der Waals surface area contributed by atoms with Gasteiger partial charge in [0, 0.05) is 10.9 Å². The standard InChI is InChI=1S/C15H25NS/c1-3-4-5-6-8-13-10-12-17-15(13)14-9-7-11-16(14)2/h10,12,14H,3-9,11H2,1-2H3. The monoisotopic (exact) mass is 251 g/mol. The minimum absolute atomic E-state index is 0.719. The van der Waals surface area contributed by atoms with E-state index < -0.39 is 0 Å². The van der Waals surface area contributed by atoms with Crippen LogP contribution in [-0.2, 0) is 6.42 Å². The minimum atomic E-state index is 0.719. The molecule has 2 heteroatoms. The molecule has 0 saturated carbocycles. The number of aryl methyl sites for hydroxylation is 1. The Kier molecular flexibility index (Phi) is 5.05. The molecular formula is C15H25NS. The Morgan fingerprint density at radius 3 is 2.94 bits per heavy atom. The van der Waals surface area contributed by atoms with Gasteiger partial charge in [-0.2, -0.15) is 0 Å². The van der Waals surface area contributed by atoms with E-state index in [4.69, 9.17) is 0 Å². The summed E-state index contributed by atoms with van der Waals surface area (Å²) in [6, 6.07) is 3.08. The van der Waals surface area contributed by atoms with Crippen LogP contribution in [0, 0.1) is 0 Å². The molecule has 17 heavy (non-hydrogen) atoms. The lowest BCUT2D eigenvalue weighted by Gasteiger charge is -2.19. The number of hydrogen-bond acceptors (Lipinski definition) is 2. The lowest BCUT2D eigenvalue weighted by Crippen LogP contribution is -2.17. The number of nitrogens with zero attached hydrogens (tertiary/aromatic N) is 1. The van der Waals surface area contributed by atoms with Crippen LogP contribution < -0.4 is 0 Å². The predicted octanol–water partition coefficient (Wildman–Crippen LogP) is 4.64. The van der Waals surface area contributed by atoms with Crippen LogP contribution in [0.5, 0.6) is 0 Å². The highest BCUT2D eigenvalue weighted by Gasteiger charge is 2.25. The minimum Gasteiger partial charge on any atom is -0.299 e. The summed E-state index contributed by atoms with van der Waals surface area (Å²) in [6.45, 7) is 3.56. The van der Waals surface area contributed by atoms with Crippen molar-refractivity contribution in [3.63, 3.8) is 0 Å². The average Bonchev–Trinajstić information content (AvgIpc) is 2.93. The molecule has 2 heterocycles. The largest absolute Gasteiger partial charge is 0.299 e. The van der Waals surface area contributed by atoms with Crippen molar-refractivity contribution >= 4 is 11.3 Å². The van der Waals surface area contributed by atoms with Gasteiger partial charge in [-0.25, -0.2) is 0 Å². The van der Waals surface area contributed by atoms with E-state index in [9.17, 15) is 0 Å². The number of hydrogen-bond donors (Lipinski definition) is 0. The summed E-state index contributed by atoms with van der Waals surface area (Å²) < 4.78 is 0. The van der Waals surface area contributed by atoms with Crippen LogP contribution in [-0.4, -0.2) is 18.5 Å². The van der Waals surface area contributed by atoms with Crippen molar-refractivity contribution in [3.05, 3.63) is 21.9 Å². The van der Waals surface area contributed by atoms with E-state index in [1.54, 1.807) is 10.4 Å². The highest BCUT2D eigenvalue weighted by Crippen LogP contribution is 2.36. The van der Waals surface area contributed by atoms with Crippen LogP contribution in [0.25, 0.3) is 0 Å². The summed E-state index contributed by atoms with van der Waals surface area (Å²) in [4.78, 5) is 4.18. The van der Waals surface area contributed by atoms with Crippen LogP contribution in [0.2, 0.25) is 0 Å². The van der Waals surface area contributed by atoms with E-state index in [0.717, 1.165) is 6.04 Å². The van der Waals surface area contributed by atoms with Crippen LogP contribution in [0.4, 0.5) is 0 Å². The zero-order chi connectivity index (χ0) is 12.1. The number of thiophene rings is 1. The first-order valence-electron chi connectivity index (χ1n) is 7.09. The third-order valence-corrected chi connectivity index (χ3v) is 4.96. The van der Waals surface area contributed by atoms with Gasteiger partial charge >= 0.3 is 0 Å². The van der Waals surface area contributed by atoms with E-state index in [2.05, 4.69) is 30.3 Å². The lowest BCUT2D eigenvalue weighted by molar-refractivity contribution is 0.320. The maximum atomic E-state index is 2.53. The van der Waals surface area contributed by atoms with Gasteiger partial charge in [-0.15, -0.1) is 11.3 Å². The summed E-state index contributed by atoms with van der Waals surface area (Å²) in [5.41, 5.74) is 1.63. The Hall–Kier alpha value is -0.340. The molecule has 0 bridgehead atoms. The second-order valence-electron chi connectivity index (χ2n) is 5.26. The Morgan fingerprint density at radius 1 is 1.35 bits per heavy atom. The van der Waals surface area contributed by atoms with Gasteiger partial charge < -0.3 is 0 Å². The summed E-state index contributed by atoms with van der Waals surface area (Å²) in [6.07, 6.45) is 9.52. The summed E-state index contributed by atoms with van der Waals surface area (Å²) in [5.74, 6) is 0. The smallest absolute Gasteiger partial charge is 0.0441 e. The summed E-state index contributed by atoms with van der Waals surface area (Å²) >= 11 is 1.97. The molecule has 0 amide bonds. The van der Waals surface area contributed by atoms with Crippen LogP contribution >= 0.6 is 11.3 Å². The molecule has 2 rings (SSSR count). The highest BCUT2D eigenvalue weighted by atomic mass is 32.1. The highest BCUT2D eigenvalue weighted by molar-refractivity contribution is 7.10. The third-order valence-electron chi connectivity index (χ3n) is 3.90. The molecule has 1 aliphatic heterocycles. The predicted molar refractivity (Wildman–Crippen MR) is 76.8 cm³/mol. The topological polar surface area (TPSA) is 3.24 Å². The normalized spacial score (nSPS) is 21.2. The van der Waals surface area contributed by atoms with Gasteiger partial charge in [-0.3, -0.25) is 4.90 Å². The molecule has 0 aliphatic carbocycles. The van der Waals surface area contributed by atoms with Crippen molar-refractivity contribution in [2.45, 2.75) is 57.9 Å². The van der Waals surface area contributed by atoms with E-state index in [0.29, 0.717) is 0 Å². The van der Waals surface area contributed by atoms with E-state index >= 15 is 0 Å². The van der Waals surface area contributed by atoms with Crippen molar-refractivity contribution in [3.8, 4) is 0 Å². The first-order valence-corrected chi connectivity index (χ1v) is 7.97. The van der Waals surface area contributed by atoms with Crippen LogP contribution in [0.1, 0.15) is 61.9 Å². The Morgan fingerprint density at radius 2 is 2.24 bits per heavy atom. The molecule has 1 nitrogen and oxygen atoms in total. The third kappa shape index (κ3) is 3.32. The summed E-state index contributed by atoms with van der Waals surface area (Å²) in [5, 5.41) is 2.29. The zero-order valence-electron chi connectivity index (χ0n) is 11.2. The molecule has 0 radical (unpaired) electrons. The van der Waals surface area contributed by atoms with Gasteiger partial charge in [0.05, 0.1) is 0 Å². The molecule has 1 aromatic heterocycles. The molecule has 1 unspecified atom stereocenters. The first-order chi connectivity index (χ1) is 8.33. The molecule has 96 valence electrons. The average molecular weight is 251 g/mol. The van der Waals surface area contributed by atoms with E-state index in [1.807, 2.05) is 11.3 Å². The quantitative estimate of drug-likeness (QED) is 0.666. The molecule has 1 saturated heterocycles. The number of likely N-dealkylation sites (tertiary alicyclic amines) is 1. The lowest BCUT2D eigenvalue weighted by atomic mass is 10.0. The van der Waals surface area contributed by atoms with Crippen LogP contribution in [0.15, 0.2) is 11.4 Å². The fourth-order valence-corrected chi connectivity index (χ4v) is 3.99. The van der Waals surface area contributed by atoms with Crippen molar-refractivity contribution in [2.24, 2.45) is 0 Å². The van der Waals surface area contributed by atoms with Crippen molar-refractivity contribution in [1.29, 1.82) is 0 Å². The molecule has 0 spiro atoms. The van der Waals surface area contributed by atoms with Gasteiger partial charge in [0.15, 0.2) is 0 Å². The van der Waals surface area contributed by atoms with Crippen molar-refractivity contribution in [1.82, 2.24) is 4.90 Å². The van der Waals surface area contributed by atoms with Crippen LogP contribution in [0.3, 0.4) is 0 Å². The maximum Gasteiger partial charge on any atom is 0.0441 e. The molecule has 0 N–H and O–H groups in total. The zero-order valence-corrected chi connectivity index (χ0v) is 12.1. The SMILES string of the molecule is CCCCCCc1ccsc1C1CCCN1C. The van der Waals surface area contributed by atoms with Crippen molar-refractivity contribution in [2.75, 3.05) is 13.6 Å². The number of rotatable bonds is 6. The molecule has 0 aromatic carbocycles. The molecule has 1 fully saturated rings. The first kappa shape index (κ1) is 13.1. The summed E-state index contributed by atoms with van der Waals surface area (Å²) in [7, 11) is 2.28.